The Morgan fingerprint density at radius 1 is 1.44 bits per heavy atom. The third-order valence-corrected chi connectivity index (χ3v) is 2.19. The molecule has 0 aromatic carbocycles. The van der Waals surface area contributed by atoms with Crippen molar-refractivity contribution in [1.82, 2.24) is 5.32 Å². The molecule has 0 bridgehead atoms. The Bertz CT molecular complexity index is 219. The Morgan fingerprint density at radius 2 is 2.12 bits per heavy atom. The molecule has 0 saturated carbocycles. The van der Waals surface area contributed by atoms with E-state index < -0.39 is 11.9 Å². The van der Waals surface area contributed by atoms with Gasteiger partial charge in [0.25, 0.3) is 0 Å². The lowest BCUT2D eigenvalue weighted by atomic mass is 10.1. The van der Waals surface area contributed by atoms with Crippen LogP contribution < -0.4 is 5.32 Å². The Labute approximate surface area is 94.5 Å². The van der Waals surface area contributed by atoms with Gasteiger partial charge in [0, 0.05) is 12.6 Å². The maximum absolute atomic E-state index is 10.9. The first kappa shape index (κ1) is 14.9. The van der Waals surface area contributed by atoms with E-state index in [0.29, 0.717) is 6.54 Å². The van der Waals surface area contributed by atoms with E-state index in [0.717, 1.165) is 19.3 Å². The van der Waals surface area contributed by atoms with E-state index in [2.05, 4.69) is 10.2 Å². The lowest BCUT2D eigenvalue weighted by Gasteiger charge is -2.16. The van der Waals surface area contributed by atoms with Gasteiger partial charge in [0.15, 0.2) is 0 Å². The van der Waals surface area contributed by atoms with Crippen molar-refractivity contribution in [3.8, 4) is 0 Å². The first-order chi connectivity index (χ1) is 7.60. The molecule has 94 valence electrons. The summed E-state index contributed by atoms with van der Waals surface area (Å²) in [5.74, 6) is -1.59. The SMILES string of the molecule is CCCCC(CC(=O)OO)NCCC(=O)O. The zero-order valence-corrected chi connectivity index (χ0v) is 9.44. The summed E-state index contributed by atoms with van der Waals surface area (Å²) in [6.45, 7) is 2.33. The number of carboxylic acids is 1. The number of nitrogens with one attached hydrogen (secondary N) is 1. The first-order valence-corrected chi connectivity index (χ1v) is 5.39. The Morgan fingerprint density at radius 3 is 2.62 bits per heavy atom. The van der Waals surface area contributed by atoms with Crippen LogP contribution in [0.1, 0.15) is 39.0 Å². The molecular formula is C10H19NO5. The van der Waals surface area contributed by atoms with Crippen molar-refractivity contribution >= 4 is 11.9 Å². The zero-order chi connectivity index (χ0) is 12.4. The molecule has 0 fully saturated rings. The van der Waals surface area contributed by atoms with Crippen LogP contribution in [0.4, 0.5) is 0 Å². The maximum Gasteiger partial charge on any atom is 0.343 e. The molecule has 0 aliphatic heterocycles. The predicted molar refractivity (Wildman–Crippen MR) is 56.9 cm³/mol. The second-order valence-electron chi connectivity index (χ2n) is 3.60. The number of unbranched alkanes of at least 4 members (excludes halogenated alkanes) is 1. The van der Waals surface area contributed by atoms with Gasteiger partial charge >= 0.3 is 11.9 Å². The molecule has 16 heavy (non-hydrogen) atoms. The van der Waals surface area contributed by atoms with E-state index in [1.54, 1.807) is 0 Å². The van der Waals surface area contributed by atoms with E-state index >= 15 is 0 Å². The van der Waals surface area contributed by atoms with Crippen molar-refractivity contribution in [3.63, 3.8) is 0 Å². The van der Waals surface area contributed by atoms with E-state index in [4.69, 9.17) is 10.4 Å². The highest BCUT2D eigenvalue weighted by Gasteiger charge is 2.14. The summed E-state index contributed by atoms with van der Waals surface area (Å²) >= 11 is 0. The second-order valence-corrected chi connectivity index (χ2v) is 3.60. The van der Waals surface area contributed by atoms with Crippen LogP contribution in [0.2, 0.25) is 0 Å². The molecule has 0 amide bonds. The number of carbonyl (C=O) groups is 2. The fraction of sp³-hybridized carbons (Fsp3) is 0.800. The lowest BCUT2D eigenvalue weighted by molar-refractivity contribution is -0.234. The minimum Gasteiger partial charge on any atom is -0.481 e. The van der Waals surface area contributed by atoms with Gasteiger partial charge in [0.1, 0.15) is 0 Å². The van der Waals surface area contributed by atoms with Crippen LogP contribution >= 0.6 is 0 Å². The molecule has 0 rings (SSSR count). The summed E-state index contributed by atoms with van der Waals surface area (Å²) in [5, 5.41) is 19.6. The standard InChI is InChI=1S/C10H19NO5/c1-2-3-4-8(7-10(14)16-15)11-6-5-9(12)13/h8,11,15H,2-7H2,1H3,(H,12,13). The smallest absolute Gasteiger partial charge is 0.343 e. The molecule has 3 N–H and O–H groups in total. The highest BCUT2D eigenvalue weighted by atomic mass is 17.1. The summed E-state index contributed by atoms with van der Waals surface area (Å²) < 4.78 is 0. The normalized spacial score (nSPS) is 12.1. The van der Waals surface area contributed by atoms with Crippen molar-refractivity contribution in [2.75, 3.05) is 6.54 Å². The van der Waals surface area contributed by atoms with E-state index in [1.165, 1.54) is 0 Å². The van der Waals surface area contributed by atoms with E-state index in [9.17, 15) is 9.59 Å². The fourth-order valence-corrected chi connectivity index (χ4v) is 1.35. The molecule has 0 aliphatic rings. The highest BCUT2D eigenvalue weighted by Crippen LogP contribution is 2.05. The molecule has 6 nitrogen and oxygen atoms in total. The quantitative estimate of drug-likeness (QED) is 0.406. The fourth-order valence-electron chi connectivity index (χ4n) is 1.35. The zero-order valence-electron chi connectivity index (χ0n) is 9.44. The summed E-state index contributed by atoms with van der Waals surface area (Å²) in [5.41, 5.74) is 0. The molecule has 0 heterocycles. The van der Waals surface area contributed by atoms with Gasteiger partial charge in [-0.1, -0.05) is 19.8 Å². The molecular weight excluding hydrogens is 214 g/mol. The third kappa shape index (κ3) is 8.19. The van der Waals surface area contributed by atoms with Crippen LogP contribution in [0.15, 0.2) is 0 Å². The lowest BCUT2D eigenvalue weighted by Crippen LogP contribution is -2.33. The van der Waals surface area contributed by atoms with Gasteiger partial charge in [-0.15, -0.1) is 0 Å². The van der Waals surface area contributed by atoms with Crippen LogP contribution in [0.25, 0.3) is 0 Å². The number of aliphatic carboxylic acids is 1. The third-order valence-electron chi connectivity index (χ3n) is 2.19. The van der Waals surface area contributed by atoms with Crippen molar-refractivity contribution in [2.45, 2.75) is 45.1 Å². The Hall–Kier alpha value is -1.14. The number of hydrogen-bond donors (Lipinski definition) is 3. The minimum absolute atomic E-state index is 0.0107. The van der Waals surface area contributed by atoms with Gasteiger partial charge in [0.05, 0.1) is 12.8 Å². The first-order valence-electron chi connectivity index (χ1n) is 5.39. The molecule has 0 aromatic rings. The number of hydrogen-bond acceptors (Lipinski definition) is 5. The molecule has 6 heteroatoms. The summed E-state index contributed by atoms with van der Waals surface area (Å²) in [4.78, 5) is 24.7. The maximum atomic E-state index is 10.9. The molecule has 1 unspecified atom stereocenters. The van der Waals surface area contributed by atoms with Crippen molar-refractivity contribution < 1.29 is 24.8 Å². The van der Waals surface area contributed by atoms with Crippen LogP contribution in [0.5, 0.6) is 0 Å². The largest absolute Gasteiger partial charge is 0.481 e. The molecule has 0 radical (unpaired) electrons. The minimum atomic E-state index is -0.883. The second kappa shape index (κ2) is 9.11. The van der Waals surface area contributed by atoms with Crippen LogP contribution in [-0.4, -0.2) is 34.9 Å². The monoisotopic (exact) mass is 233 g/mol. The van der Waals surface area contributed by atoms with Crippen LogP contribution in [-0.2, 0) is 14.5 Å². The average Bonchev–Trinajstić information content (AvgIpc) is 2.24. The Balaban J connectivity index is 3.89. The summed E-state index contributed by atoms with van der Waals surface area (Å²) in [6, 6.07) is -0.140. The summed E-state index contributed by atoms with van der Waals surface area (Å²) in [6.07, 6.45) is 2.74. The van der Waals surface area contributed by atoms with Gasteiger partial charge in [-0.2, -0.15) is 5.26 Å². The van der Waals surface area contributed by atoms with Crippen LogP contribution in [0.3, 0.4) is 0 Å². The summed E-state index contributed by atoms with van der Waals surface area (Å²) in [7, 11) is 0. The molecule has 0 saturated heterocycles. The van der Waals surface area contributed by atoms with E-state index in [-0.39, 0.29) is 18.9 Å². The predicted octanol–water partition coefficient (Wildman–Crippen LogP) is 1.02. The molecule has 0 aromatic heterocycles. The van der Waals surface area contributed by atoms with Gasteiger partial charge in [-0.25, -0.2) is 4.79 Å². The van der Waals surface area contributed by atoms with Crippen molar-refractivity contribution in [1.29, 1.82) is 0 Å². The molecule has 0 spiro atoms. The van der Waals surface area contributed by atoms with Gasteiger partial charge in [-0.3, -0.25) is 4.79 Å². The van der Waals surface area contributed by atoms with Gasteiger partial charge in [0.2, 0.25) is 0 Å². The highest BCUT2D eigenvalue weighted by molar-refractivity contribution is 5.69. The van der Waals surface area contributed by atoms with E-state index in [1.807, 2.05) is 6.92 Å². The topological polar surface area (TPSA) is 95.9 Å². The average molecular weight is 233 g/mol. The van der Waals surface area contributed by atoms with Gasteiger partial charge in [-0.05, 0) is 6.42 Å². The number of carboxylic acid groups (broad SMARTS) is 1. The number of carbonyl (C=O) groups excluding carboxylic acids is 1. The Kier molecular flexibility index (Phi) is 8.46. The van der Waals surface area contributed by atoms with Crippen LogP contribution in [0, 0.1) is 0 Å². The molecule has 1 atom stereocenters. The molecule has 0 aliphatic carbocycles. The number of rotatable bonds is 9. The van der Waals surface area contributed by atoms with Gasteiger partial charge < -0.3 is 15.3 Å². The van der Waals surface area contributed by atoms with Crippen molar-refractivity contribution in [3.05, 3.63) is 0 Å². The van der Waals surface area contributed by atoms with Crippen molar-refractivity contribution in [2.24, 2.45) is 0 Å².